The number of rotatable bonds is 1. The zero-order valence-corrected chi connectivity index (χ0v) is 9.74. The minimum absolute atomic E-state index is 0.724. The quantitative estimate of drug-likeness (QED) is 0.544. The fourth-order valence-electron chi connectivity index (χ4n) is 1.10. The molecule has 0 amide bonds. The largest absolute Gasteiger partial charge is 0.297 e. The Balaban J connectivity index is 2.25. The molecule has 3 heteroatoms. The number of thiophene rings is 2. The van der Waals surface area contributed by atoms with Crippen LogP contribution in [0.15, 0.2) is 23.6 Å². The molecule has 2 rings (SSSR count). The molecule has 0 N–H and O–H groups in total. The van der Waals surface area contributed by atoms with E-state index >= 15 is 0 Å². The number of carbonyl (C=O) groups is 1. The fraction of sp³-hybridized carbons (Fsp3) is 0.0833. The van der Waals surface area contributed by atoms with Gasteiger partial charge in [0.15, 0.2) is 6.29 Å². The average Bonchev–Trinajstić information content (AvgIpc) is 2.84. The SMILES string of the molecule is Cc1ccsc1C#Cc1ccc(C=O)s1. The van der Waals surface area contributed by atoms with Crippen LogP contribution < -0.4 is 0 Å². The minimum atomic E-state index is 0.724. The summed E-state index contributed by atoms with van der Waals surface area (Å²) >= 11 is 3.07. The third-order valence-electron chi connectivity index (χ3n) is 1.90. The van der Waals surface area contributed by atoms with Crippen molar-refractivity contribution in [1.29, 1.82) is 0 Å². The molecule has 0 saturated heterocycles. The van der Waals surface area contributed by atoms with Gasteiger partial charge in [-0.25, -0.2) is 0 Å². The average molecular weight is 232 g/mol. The molecule has 0 aliphatic carbocycles. The molecule has 15 heavy (non-hydrogen) atoms. The molecule has 0 atom stereocenters. The van der Waals surface area contributed by atoms with Crippen LogP contribution >= 0.6 is 22.7 Å². The molecule has 0 bridgehead atoms. The predicted octanol–water partition coefficient (Wildman–Crippen LogP) is 3.33. The van der Waals surface area contributed by atoms with E-state index in [0.29, 0.717) is 0 Å². The first-order chi connectivity index (χ1) is 7.29. The summed E-state index contributed by atoms with van der Waals surface area (Å²) in [4.78, 5) is 13.2. The summed E-state index contributed by atoms with van der Waals surface area (Å²) in [5.74, 6) is 6.17. The number of hydrogen-bond acceptors (Lipinski definition) is 3. The molecule has 0 unspecified atom stereocenters. The summed E-state index contributed by atoms with van der Waals surface area (Å²) in [6.07, 6.45) is 0.853. The van der Waals surface area contributed by atoms with E-state index < -0.39 is 0 Å². The molecule has 74 valence electrons. The van der Waals surface area contributed by atoms with E-state index in [9.17, 15) is 4.79 Å². The molecule has 0 spiro atoms. The molecule has 2 aromatic rings. The molecular formula is C12H8OS2. The van der Waals surface area contributed by atoms with E-state index in [-0.39, 0.29) is 0 Å². The first-order valence-electron chi connectivity index (χ1n) is 4.41. The lowest BCUT2D eigenvalue weighted by Crippen LogP contribution is -1.69. The first kappa shape index (κ1) is 10.2. The Bertz CT molecular complexity index is 537. The van der Waals surface area contributed by atoms with Crippen LogP contribution in [-0.2, 0) is 0 Å². The lowest BCUT2D eigenvalue weighted by molar-refractivity contribution is 0.112. The molecule has 2 heterocycles. The van der Waals surface area contributed by atoms with Crippen molar-refractivity contribution >= 4 is 29.0 Å². The van der Waals surface area contributed by atoms with Gasteiger partial charge in [0.25, 0.3) is 0 Å². The van der Waals surface area contributed by atoms with Crippen LogP contribution in [0.4, 0.5) is 0 Å². The van der Waals surface area contributed by atoms with Gasteiger partial charge >= 0.3 is 0 Å². The first-order valence-corrected chi connectivity index (χ1v) is 6.10. The molecular weight excluding hydrogens is 224 g/mol. The van der Waals surface area contributed by atoms with Gasteiger partial charge in [0.05, 0.1) is 14.6 Å². The molecule has 1 nitrogen and oxygen atoms in total. The lowest BCUT2D eigenvalue weighted by atomic mass is 10.3. The number of aldehydes is 1. The van der Waals surface area contributed by atoms with Gasteiger partial charge in [-0.15, -0.1) is 22.7 Å². The summed E-state index contributed by atoms with van der Waals surface area (Å²) in [6, 6.07) is 5.73. The number of aryl methyl sites for hydroxylation is 1. The van der Waals surface area contributed by atoms with E-state index in [1.54, 1.807) is 17.4 Å². The van der Waals surface area contributed by atoms with Gasteiger partial charge in [-0.3, -0.25) is 4.79 Å². The topological polar surface area (TPSA) is 17.1 Å². The maximum Gasteiger partial charge on any atom is 0.160 e. The molecule has 2 aromatic heterocycles. The van der Waals surface area contributed by atoms with Gasteiger partial charge in [0.1, 0.15) is 0 Å². The predicted molar refractivity (Wildman–Crippen MR) is 64.7 cm³/mol. The smallest absolute Gasteiger partial charge is 0.160 e. The lowest BCUT2D eigenvalue weighted by Gasteiger charge is -1.83. The Labute approximate surface area is 96.4 Å². The highest BCUT2D eigenvalue weighted by Crippen LogP contribution is 2.16. The Morgan fingerprint density at radius 3 is 2.73 bits per heavy atom. The molecule has 0 aliphatic heterocycles. The highest BCUT2D eigenvalue weighted by molar-refractivity contribution is 7.14. The molecule has 0 aromatic carbocycles. The van der Waals surface area contributed by atoms with Crippen molar-refractivity contribution in [2.45, 2.75) is 6.92 Å². The van der Waals surface area contributed by atoms with Gasteiger partial charge in [0.2, 0.25) is 0 Å². The van der Waals surface area contributed by atoms with Gasteiger partial charge < -0.3 is 0 Å². The van der Waals surface area contributed by atoms with Crippen LogP contribution in [0.1, 0.15) is 25.0 Å². The Kier molecular flexibility index (Phi) is 3.00. The van der Waals surface area contributed by atoms with Crippen LogP contribution in [-0.4, -0.2) is 6.29 Å². The number of hydrogen-bond donors (Lipinski definition) is 0. The zero-order valence-electron chi connectivity index (χ0n) is 8.11. The van der Waals surface area contributed by atoms with E-state index in [1.165, 1.54) is 16.9 Å². The second kappa shape index (κ2) is 4.43. The van der Waals surface area contributed by atoms with Crippen molar-refractivity contribution < 1.29 is 4.79 Å². The van der Waals surface area contributed by atoms with Crippen molar-refractivity contribution in [2.24, 2.45) is 0 Å². The Morgan fingerprint density at radius 1 is 1.27 bits per heavy atom. The van der Waals surface area contributed by atoms with Crippen LogP contribution in [0.5, 0.6) is 0 Å². The summed E-state index contributed by atoms with van der Waals surface area (Å²) in [7, 11) is 0. The second-order valence-electron chi connectivity index (χ2n) is 3.00. The van der Waals surface area contributed by atoms with Gasteiger partial charge in [0, 0.05) is 0 Å². The number of carbonyl (C=O) groups excluding carboxylic acids is 1. The van der Waals surface area contributed by atoms with E-state index in [4.69, 9.17) is 0 Å². The highest BCUT2D eigenvalue weighted by Gasteiger charge is 1.96. The molecule has 0 aliphatic rings. The van der Waals surface area contributed by atoms with E-state index in [2.05, 4.69) is 17.9 Å². The van der Waals surface area contributed by atoms with Crippen molar-refractivity contribution in [1.82, 2.24) is 0 Å². The second-order valence-corrected chi connectivity index (χ2v) is 5.03. The summed E-state index contributed by atoms with van der Waals surface area (Å²) in [6.45, 7) is 2.05. The van der Waals surface area contributed by atoms with Gasteiger partial charge in [-0.2, -0.15) is 0 Å². The summed E-state index contributed by atoms with van der Waals surface area (Å²) in [5.41, 5.74) is 1.21. The van der Waals surface area contributed by atoms with Crippen molar-refractivity contribution in [3.8, 4) is 11.8 Å². The third kappa shape index (κ3) is 2.35. The highest BCUT2D eigenvalue weighted by atomic mass is 32.1. The van der Waals surface area contributed by atoms with Crippen molar-refractivity contribution in [2.75, 3.05) is 0 Å². The zero-order chi connectivity index (χ0) is 10.7. The van der Waals surface area contributed by atoms with Crippen LogP contribution in [0.3, 0.4) is 0 Å². The maximum absolute atomic E-state index is 10.5. The minimum Gasteiger partial charge on any atom is -0.297 e. The molecule has 0 radical (unpaired) electrons. The van der Waals surface area contributed by atoms with Crippen molar-refractivity contribution in [3.05, 3.63) is 43.8 Å². The van der Waals surface area contributed by atoms with Gasteiger partial charge in [-0.1, -0.05) is 0 Å². The van der Waals surface area contributed by atoms with Crippen LogP contribution in [0, 0.1) is 18.8 Å². The summed E-state index contributed by atoms with van der Waals surface area (Å²) in [5, 5.41) is 2.03. The molecule has 0 fully saturated rings. The Morgan fingerprint density at radius 2 is 2.13 bits per heavy atom. The normalized spacial score (nSPS) is 9.40. The molecule has 0 saturated carbocycles. The Hall–Kier alpha value is -1.37. The standard InChI is InChI=1S/C12H8OS2/c1-9-6-7-14-12(9)5-4-10-2-3-11(8-13)15-10/h2-3,6-8H,1H3. The monoisotopic (exact) mass is 232 g/mol. The van der Waals surface area contributed by atoms with Crippen LogP contribution in [0.2, 0.25) is 0 Å². The third-order valence-corrected chi connectivity index (χ3v) is 3.76. The van der Waals surface area contributed by atoms with E-state index in [0.717, 1.165) is 20.9 Å². The maximum atomic E-state index is 10.5. The van der Waals surface area contributed by atoms with Crippen molar-refractivity contribution in [3.63, 3.8) is 0 Å². The van der Waals surface area contributed by atoms with E-state index in [1.807, 2.05) is 18.4 Å². The van der Waals surface area contributed by atoms with Gasteiger partial charge in [-0.05, 0) is 47.9 Å². The summed E-state index contributed by atoms with van der Waals surface area (Å²) < 4.78 is 0. The van der Waals surface area contributed by atoms with Crippen LogP contribution in [0.25, 0.3) is 0 Å². The fourth-order valence-corrected chi connectivity index (χ4v) is 2.55.